The molecule has 0 bridgehead atoms. The molecule has 0 saturated carbocycles. The molecule has 0 aliphatic heterocycles. The average Bonchev–Trinajstić information content (AvgIpc) is 2.82. The highest BCUT2D eigenvalue weighted by Gasteiger charge is 2.12. The molecule has 4 rings (SSSR count). The Kier molecular flexibility index (Phi) is 6.57. The fraction of sp³-hybridized carbons (Fsp3) is 0.160. The van der Waals surface area contributed by atoms with Crippen LogP contribution >= 0.6 is 11.8 Å². The number of thioether (sulfide) groups is 1. The highest BCUT2D eigenvalue weighted by Crippen LogP contribution is 2.29. The van der Waals surface area contributed by atoms with E-state index in [1.165, 1.54) is 29.5 Å². The van der Waals surface area contributed by atoms with Gasteiger partial charge in [0.15, 0.2) is 5.82 Å². The number of amides is 1. The molecule has 4 nitrogen and oxygen atoms in total. The number of carbonyl (C=O) groups excluding carboxylic acids is 1. The van der Waals surface area contributed by atoms with Crippen molar-refractivity contribution in [2.45, 2.75) is 24.9 Å². The first-order chi connectivity index (χ1) is 15.1. The van der Waals surface area contributed by atoms with Gasteiger partial charge in [0, 0.05) is 17.5 Å². The van der Waals surface area contributed by atoms with Crippen molar-refractivity contribution in [2.75, 3.05) is 5.75 Å². The van der Waals surface area contributed by atoms with Gasteiger partial charge in [-0.1, -0.05) is 67.2 Å². The Bertz CT molecular complexity index is 1200. The average molecular weight is 432 g/mol. The molecule has 0 saturated heterocycles. The predicted molar refractivity (Wildman–Crippen MR) is 123 cm³/mol. The van der Waals surface area contributed by atoms with Crippen LogP contribution in [-0.2, 0) is 17.8 Å². The van der Waals surface area contributed by atoms with E-state index in [0.29, 0.717) is 12.4 Å². The van der Waals surface area contributed by atoms with Gasteiger partial charge in [0.25, 0.3) is 0 Å². The van der Waals surface area contributed by atoms with Crippen LogP contribution in [0.5, 0.6) is 0 Å². The van der Waals surface area contributed by atoms with Crippen LogP contribution < -0.4 is 5.32 Å². The molecule has 0 aliphatic carbocycles. The smallest absolute Gasteiger partial charge is 0.230 e. The van der Waals surface area contributed by atoms with Crippen LogP contribution in [0.1, 0.15) is 18.1 Å². The van der Waals surface area contributed by atoms with Crippen LogP contribution in [0.2, 0.25) is 0 Å². The lowest BCUT2D eigenvalue weighted by Crippen LogP contribution is -2.24. The van der Waals surface area contributed by atoms with Gasteiger partial charge >= 0.3 is 0 Å². The minimum atomic E-state index is -0.290. The summed E-state index contributed by atoms with van der Waals surface area (Å²) in [5.74, 6) is 0.486. The van der Waals surface area contributed by atoms with Gasteiger partial charge in [0.1, 0.15) is 10.8 Å². The number of benzene rings is 3. The van der Waals surface area contributed by atoms with E-state index in [9.17, 15) is 9.18 Å². The van der Waals surface area contributed by atoms with E-state index in [2.05, 4.69) is 24.4 Å². The number of aryl methyl sites for hydroxylation is 1. The molecule has 1 N–H and O–H groups in total. The second-order valence-corrected chi connectivity index (χ2v) is 8.08. The van der Waals surface area contributed by atoms with Crippen LogP contribution in [-0.4, -0.2) is 21.6 Å². The lowest BCUT2D eigenvalue weighted by atomic mass is 10.1. The molecular weight excluding hydrogens is 409 g/mol. The van der Waals surface area contributed by atoms with E-state index < -0.39 is 0 Å². The first-order valence-electron chi connectivity index (χ1n) is 10.1. The summed E-state index contributed by atoms with van der Waals surface area (Å²) in [6.07, 6.45) is 0.915. The SMILES string of the molecule is CCc1ccc2nc(-c3ccccc3)nc(SCC(=O)NCc3ccc(F)cc3)c2c1. The van der Waals surface area contributed by atoms with E-state index >= 15 is 0 Å². The maximum absolute atomic E-state index is 13.0. The maximum atomic E-state index is 13.0. The fourth-order valence-corrected chi connectivity index (χ4v) is 4.02. The molecule has 6 heteroatoms. The van der Waals surface area contributed by atoms with Gasteiger partial charge in [-0.15, -0.1) is 0 Å². The van der Waals surface area contributed by atoms with Gasteiger partial charge in [-0.2, -0.15) is 0 Å². The Morgan fingerprint density at radius 1 is 0.968 bits per heavy atom. The van der Waals surface area contributed by atoms with Gasteiger partial charge in [-0.25, -0.2) is 14.4 Å². The molecule has 0 fully saturated rings. The van der Waals surface area contributed by atoms with E-state index in [-0.39, 0.29) is 17.5 Å². The molecule has 0 atom stereocenters. The van der Waals surface area contributed by atoms with Crippen LogP contribution in [0.15, 0.2) is 77.8 Å². The maximum Gasteiger partial charge on any atom is 0.230 e. The first kappa shape index (κ1) is 21.0. The molecule has 0 radical (unpaired) electrons. The molecule has 1 amide bonds. The highest BCUT2D eigenvalue weighted by atomic mass is 32.2. The summed E-state index contributed by atoms with van der Waals surface area (Å²) in [6.45, 7) is 2.47. The Hall–Kier alpha value is -3.25. The van der Waals surface area contributed by atoms with Crippen molar-refractivity contribution in [3.05, 3.63) is 89.7 Å². The number of halogens is 1. The third kappa shape index (κ3) is 5.27. The lowest BCUT2D eigenvalue weighted by molar-refractivity contribution is -0.118. The van der Waals surface area contributed by atoms with E-state index in [1.54, 1.807) is 12.1 Å². The second-order valence-electron chi connectivity index (χ2n) is 7.12. The summed E-state index contributed by atoms with van der Waals surface area (Å²) in [5, 5.41) is 4.62. The Morgan fingerprint density at radius 3 is 2.45 bits per heavy atom. The standard InChI is InChI=1S/C25H22FN3OS/c1-2-17-10-13-22-21(14-17)25(29-24(28-22)19-6-4-3-5-7-19)31-16-23(30)27-15-18-8-11-20(26)12-9-18/h3-14H,2,15-16H2,1H3,(H,27,30). The molecule has 0 spiro atoms. The number of carbonyl (C=O) groups is 1. The largest absolute Gasteiger partial charge is 0.351 e. The van der Waals surface area contributed by atoms with Gasteiger partial charge in [0.2, 0.25) is 5.91 Å². The minimum Gasteiger partial charge on any atom is -0.351 e. The molecule has 4 aromatic rings. The van der Waals surface area contributed by atoms with E-state index in [1.807, 2.05) is 36.4 Å². The number of rotatable bonds is 7. The zero-order valence-electron chi connectivity index (χ0n) is 17.1. The quantitative estimate of drug-likeness (QED) is 0.314. The molecule has 0 aliphatic rings. The van der Waals surface area contributed by atoms with Gasteiger partial charge < -0.3 is 5.32 Å². The number of hydrogen-bond acceptors (Lipinski definition) is 4. The van der Waals surface area contributed by atoms with Crippen molar-refractivity contribution >= 4 is 28.6 Å². The van der Waals surface area contributed by atoms with Crippen LogP contribution in [0, 0.1) is 5.82 Å². The highest BCUT2D eigenvalue weighted by molar-refractivity contribution is 8.00. The van der Waals surface area contributed by atoms with Gasteiger partial charge in [0.05, 0.1) is 11.3 Å². The number of fused-ring (bicyclic) bond motifs is 1. The Morgan fingerprint density at radius 2 is 1.71 bits per heavy atom. The summed E-state index contributed by atoms with van der Waals surface area (Å²) >= 11 is 1.40. The van der Waals surface area contributed by atoms with Crippen molar-refractivity contribution in [3.63, 3.8) is 0 Å². The Balaban J connectivity index is 1.54. The van der Waals surface area contributed by atoms with E-state index in [0.717, 1.165) is 33.5 Å². The molecule has 1 aromatic heterocycles. The van der Waals surface area contributed by atoms with Gasteiger partial charge in [-0.3, -0.25) is 4.79 Å². The minimum absolute atomic E-state index is 0.103. The summed E-state index contributed by atoms with van der Waals surface area (Å²) in [6, 6.07) is 22.1. The van der Waals surface area contributed by atoms with Crippen molar-refractivity contribution in [1.29, 1.82) is 0 Å². The fourth-order valence-electron chi connectivity index (χ4n) is 3.18. The third-order valence-electron chi connectivity index (χ3n) is 4.91. The molecule has 3 aromatic carbocycles. The molecular formula is C25H22FN3OS. The van der Waals surface area contributed by atoms with Crippen LogP contribution in [0.25, 0.3) is 22.3 Å². The molecule has 1 heterocycles. The van der Waals surface area contributed by atoms with Crippen LogP contribution in [0.3, 0.4) is 0 Å². The number of nitrogens with one attached hydrogen (secondary N) is 1. The van der Waals surface area contributed by atoms with Crippen LogP contribution in [0.4, 0.5) is 4.39 Å². The third-order valence-corrected chi connectivity index (χ3v) is 5.90. The molecule has 31 heavy (non-hydrogen) atoms. The topological polar surface area (TPSA) is 54.9 Å². The second kappa shape index (κ2) is 9.71. The Labute approximate surface area is 184 Å². The summed E-state index contributed by atoms with van der Waals surface area (Å²) in [7, 11) is 0. The van der Waals surface area contributed by atoms with Crippen molar-refractivity contribution in [1.82, 2.24) is 15.3 Å². The van der Waals surface area contributed by atoms with Gasteiger partial charge in [-0.05, 0) is 41.8 Å². The number of hydrogen-bond donors (Lipinski definition) is 1. The molecule has 156 valence electrons. The van der Waals surface area contributed by atoms with E-state index in [4.69, 9.17) is 9.97 Å². The first-order valence-corrected chi connectivity index (χ1v) is 11.1. The van der Waals surface area contributed by atoms with Crippen molar-refractivity contribution in [3.8, 4) is 11.4 Å². The summed E-state index contributed by atoms with van der Waals surface area (Å²) in [4.78, 5) is 21.9. The zero-order chi connectivity index (χ0) is 21.6. The number of aromatic nitrogens is 2. The zero-order valence-corrected chi connectivity index (χ0v) is 18.0. The summed E-state index contributed by atoms with van der Waals surface area (Å²) < 4.78 is 13.0. The summed E-state index contributed by atoms with van der Waals surface area (Å²) in [5.41, 5.74) is 3.85. The lowest BCUT2D eigenvalue weighted by Gasteiger charge is -2.10. The predicted octanol–water partition coefficient (Wildman–Crippen LogP) is 5.41. The van der Waals surface area contributed by atoms with Crippen molar-refractivity contribution in [2.24, 2.45) is 0 Å². The molecule has 0 unspecified atom stereocenters. The van der Waals surface area contributed by atoms with Crippen molar-refractivity contribution < 1.29 is 9.18 Å². The normalized spacial score (nSPS) is 10.9. The monoisotopic (exact) mass is 431 g/mol. The number of nitrogens with zero attached hydrogens (tertiary/aromatic N) is 2.